The summed E-state index contributed by atoms with van der Waals surface area (Å²) in [5.74, 6) is 0.795. The highest BCUT2D eigenvalue weighted by molar-refractivity contribution is 6.33. The highest BCUT2D eigenvalue weighted by Gasteiger charge is 2.15. The van der Waals surface area contributed by atoms with Gasteiger partial charge in [-0.25, -0.2) is 4.79 Å². The number of hydrogen-bond acceptors (Lipinski definition) is 4. The lowest BCUT2D eigenvalue weighted by Crippen LogP contribution is -2.18. The van der Waals surface area contributed by atoms with E-state index in [2.05, 4.69) is 15.1 Å². The molecule has 25 heavy (non-hydrogen) atoms. The molecule has 0 bridgehead atoms. The topological polar surface area (TPSA) is 76.7 Å². The van der Waals surface area contributed by atoms with Crippen LogP contribution in [-0.2, 0) is 0 Å². The number of nitrogens with one attached hydrogen (secondary N) is 1. The standard InChI is InChI=1S/C18H15ClN4O2/c1-10(2)23-15-8-7-11(9-14(15)20-18(23)24)16-21-17(25-22-16)12-5-3-4-6-13(12)19/h3-10H,1-2H3,(H,20,24). The first-order chi connectivity index (χ1) is 12.0. The Bertz CT molecular complexity index is 1120. The zero-order valence-corrected chi connectivity index (χ0v) is 14.4. The molecule has 0 atom stereocenters. The van der Waals surface area contributed by atoms with Crippen molar-refractivity contribution in [3.8, 4) is 22.8 Å². The van der Waals surface area contributed by atoms with E-state index >= 15 is 0 Å². The number of fused-ring (bicyclic) bond motifs is 1. The molecule has 0 saturated carbocycles. The first-order valence-corrected chi connectivity index (χ1v) is 8.25. The van der Waals surface area contributed by atoms with Crippen LogP contribution in [0.2, 0.25) is 5.02 Å². The van der Waals surface area contributed by atoms with E-state index in [1.807, 2.05) is 50.2 Å². The van der Waals surface area contributed by atoms with Gasteiger partial charge in [0.05, 0.1) is 21.6 Å². The van der Waals surface area contributed by atoms with Gasteiger partial charge in [-0.2, -0.15) is 4.98 Å². The average Bonchev–Trinajstić information content (AvgIpc) is 3.18. The Morgan fingerprint density at radius 2 is 2.00 bits per heavy atom. The monoisotopic (exact) mass is 354 g/mol. The predicted molar refractivity (Wildman–Crippen MR) is 96.7 cm³/mol. The molecule has 7 heteroatoms. The Morgan fingerprint density at radius 3 is 2.76 bits per heavy atom. The van der Waals surface area contributed by atoms with Crippen molar-refractivity contribution in [2.24, 2.45) is 0 Å². The van der Waals surface area contributed by atoms with Crippen molar-refractivity contribution in [3.05, 3.63) is 58.0 Å². The summed E-state index contributed by atoms with van der Waals surface area (Å²) in [7, 11) is 0. The van der Waals surface area contributed by atoms with Gasteiger partial charge in [-0.3, -0.25) is 4.57 Å². The van der Waals surface area contributed by atoms with E-state index in [4.69, 9.17) is 16.1 Å². The third-order valence-electron chi connectivity index (χ3n) is 4.02. The van der Waals surface area contributed by atoms with Crippen molar-refractivity contribution in [2.75, 3.05) is 0 Å². The lowest BCUT2D eigenvalue weighted by Gasteiger charge is -2.06. The van der Waals surface area contributed by atoms with Crippen LogP contribution in [0.3, 0.4) is 0 Å². The van der Waals surface area contributed by atoms with E-state index in [0.717, 1.165) is 16.6 Å². The Hall–Kier alpha value is -2.86. The molecule has 0 aliphatic rings. The van der Waals surface area contributed by atoms with Crippen LogP contribution in [0.5, 0.6) is 0 Å². The number of benzene rings is 2. The molecule has 0 aliphatic carbocycles. The molecule has 6 nitrogen and oxygen atoms in total. The molecule has 0 fully saturated rings. The van der Waals surface area contributed by atoms with Gasteiger partial charge in [-0.15, -0.1) is 0 Å². The second-order valence-corrected chi connectivity index (χ2v) is 6.44. The Morgan fingerprint density at radius 1 is 1.20 bits per heavy atom. The molecule has 0 amide bonds. The predicted octanol–water partition coefficient (Wildman–Crippen LogP) is 4.28. The van der Waals surface area contributed by atoms with Crippen molar-refractivity contribution >= 4 is 22.6 Å². The summed E-state index contributed by atoms with van der Waals surface area (Å²) in [6.07, 6.45) is 0. The zero-order valence-electron chi connectivity index (χ0n) is 13.7. The SMILES string of the molecule is CC(C)n1c(=O)[nH]c2cc(-c3noc(-c4ccccc4Cl)n3)ccc21. The van der Waals surface area contributed by atoms with Gasteiger partial charge in [-0.05, 0) is 44.2 Å². The van der Waals surface area contributed by atoms with Crippen molar-refractivity contribution in [1.29, 1.82) is 0 Å². The largest absolute Gasteiger partial charge is 0.334 e. The highest BCUT2D eigenvalue weighted by atomic mass is 35.5. The van der Waals surface area contributed by atoms with Crippen LogP contribution in [0.1, 0.15) is 19.9 Å². The third kappa shape index (κ3) is 2.64. The quantitative estimate of drug-likeness (QED) is 0.595. The van der Waals surface area contributed by atoms with Gasteiger partial charge in [0.1, 0.15) is 0 Å². The summed E-state index contributed by atoms with van der Waals surface area (Å²) in [6.45, 7) is 3.94. The minimum absolute atomic E-state index is 0.0732. The number of halogens is 1. The molecule has 0 saturated heterocycles. The fraction of sp³-hybridized carbons (Fsp3) is 0.167. The number of aromatic nitrogens is 4. The van der Waals surface area contributed by atoms with E-state index in [9.17, 15) is 4.79 Å². The molecular formula is C18H15ClN4O2. The van der Waals surface area contributed by atoms with Crippen molar-refractivity contribution in [2.45, 2.75) is 19.9 Å². The summed E-state index contributed by atoms with van der Waals surface area (Å²) in [5.41, 5.74) is 2.89. The highest BCUT2D eigenvalue weighted by Crippen LogP contribution is 2.29. The maximum absolute atomic E-state index is 12.1. The Kier molecular flexibility index (Phi) is 3.69. The van der Waals surface area contributed by atoms with Crippen molar-refractivity contribution in [1.82, 2.24) is 19.7 Å². The molecule has 0 radical (unpaired) electrons. The second-order valence-electron chi connectivity index (χ2n) is 6.03. The van der Waals surface area contributed by atoms with Gasteiger partial charge in [0.15, 0.2) is 0 Å². The minimum atomic E-state index is -0.132. The molecular weight excluding hydrogens is 340 g/mol. The van der Waals surface area contributed by atoms with Crippen LogP contribution in [0.15, 0.2) is 51.8 Å². The first kappa shape index (κ1) is 15.7. The van der Waals surface area contributed by atoms with Gasteiger partial charge >= 0.3 is 5.69 Å². The number of aromatic amines is 1. The molecule has 4 aromatic rings. The fourth-order valence-corrected chi connectivity index (χ4v) is 3.08. The number of H-pyrrole nitrogens is 1. The van der Waals surface area contributed by atoms with Gasteiger partial charge in [0, 0.05) is 11.6 Å². The van der Waals surface area contributed by atoms with Gasteiger partial charge in [0.25, 0.3) is 5.89 Å². The average molecular weight is 355 g/mol. The summed E-state index contributed by atoms with van der Waals surface area (Å²) in [5, 5.41) is 4.58. The fourth-order valence-electron chi connectivity index (χ4n) is 2.87. The smallest absolute Gasteiger partial charge is 0.326 e. The molecule has 0 aliphatic heterocycles. The second kappa shape index (κ2) is 5.89. The lowest BCUT2D eigenvalue weighted by atomic mass is 10.2. The van der Waals surface area contributed by atoms with Crippen LogP contribution in [0.4, 0.5) is 0 Å². The summed E-state index contributed by atoms with van der Waals surface area (Å²) in [6, 6.07) is 13.0. The Balaban J connectivity index is 1.78. The van der Waals surface area contributed by atoms with Crippen LogP contribution in [-0.4, -0.2) is 19.7 Å². The van der Waals surface area contributed by atoms with E-state index in [0.29, 0.717) is 22.3 Å². The van der Waals surface area contributed by atoms with Gasteiger partial charge in [-0.1, -0.05) is 28.9 Å². The third-order valence-corrected chi connectivity index (χ3v) is 4.35. The maximum Gasteiger partial charge on any atom is 0.326 e. The first-order valence-electron chi connectivity index (χ1n) is 7.88. The van der Waals surface area contributed by atoms with Gasteiger partial charge in [0.2, 0.25) is 5.82 Å². The molecule has 0 spiro atoms. The molecule has 2 heterocycles. The normalized spacial score (nSPS) is 11.5. The molecule has 126 valence electrons. The van der Waals surface area contributed by atoms with Crippen LogP contribution in [0.25, 0.3) is 33.9 Å². The van der Waals surface area contributed by atoms with Crippen LogP contribution in [0, 0.1) is 0 Å². The summed E-state index contributed by atoms with van der Waals surface area (Å²) in [4.78, 5) is 19.4. The number of hydrogen-bond donors (Lipinski definition) is 1. The van der Waals surface area contributed by atoms with E-state index in [1.165, 1.54) is 0 Å². The molecule has 0 unspecified atom stereocenters. The Labute approximate surface area is 148 Å². The molecule has 1 N–H and O–H groups in total. The van der Waals surface area contributed by atoms with E-state index in [1.54, 1.807) is 10.6 Å². The number of rotatable bonds is 3. The van der Waals surface area contributed by atoms with Crippen LogP contribution < -0.4 is 5.69 Å². The maximum atomic E-state index is 12.1. The summed E-state index contributed by atoms with van der Waals surface area (Å²) >= 11 is 6.17. The zero-order chi connectivity index (χ0) is 17.6. The number of nitrogens with zero attached hydrogens (tertiary/aromatic N) is 3. The molecule has 2 aromatic carbocycles. The van der Waals surface area contributed by atoms with E-state index in [-0.39, 0.29) is 11.7 Å². The summed E-state index contributed by atoms with van der Waals surface area (Å²) < 4.78 is 7.06. The molecule has 2 aromatic heterocycles. The molecule has 4 rings (SSSR count). The van der Waals surface area contributed by atoms with Gasteiger partial charge < -0.3 is 9.51 Å². The van der Waals surface area contributed by atoms with E-state index < -0.39 is 0 Å². The minimum Gasteiger partial charge on any atom is -0.334 e. The van der Waals surface area contributed by atoms with Crippen LogP contribution >= 0.6 is 11.6 Å². The van der Waals surface area contributed by atoms with Crippen molar-refractivity contribution < 1.29 is 4.52 Å². The van der Waals surface area contributed by atoms with Crippen molar-refractivity contribution in [3.63, 3.8) is 0 Å². The lowest BCUT2D eigenvalue weighted by molar-refractivity contribution is 0.432. The number of imidazole rings is 1.